The maximum Gasteiger partial charge on any atom is 0.257 e. The van der Waals surface area contributed by atoms with E-state index in [-0.39, 0.29) is 11.7 Å². The molecule has 0 aliphatic carbocycles. The van der Waals surface area contributed by atoms with E-state index < -0.39 is 0 Å². The number of halogens is 1. The Hall–Kier alpha value is -1.07. The average Bonchev–Trinajstić information content (AvgIpc) is 2.31. The van der Waals surface area contributed by atoms with Gasteiger partial charge in [0.15, 0.2) is 0 Å². The van der Waals surface area contributed by atoms with Crippen molar-refractivity contribution in [2.75, 3.05) is 19.6 Å². The number of phenols is 1. The first kappa shape index (κ1) is 12.4. The third-order valence-electron chi connectivity index (χ3n) is 2.84. The molecule has 0 radical (unpaired) electrons. The van der Waals surface area contributed by atoms with E-state index in [0.717, 1.165) is 11.0 Å². The summed E-state index contributed by atoms with van der Waals surface area (Å²) in [6.07, 6.45) is 0. The molecule has 1 aromatic rings. The number of nitrogens with one attached hydrogen (secondary N) is 1. The zero-order chi connectivity index (χ0) is 12.4. The molecule has 1 aliphatic heterocycles. The van der Waals surface area contributed by atoms with Crippen LogP contribution in [-0.4, -0.2) is 41.6 Å². The molecule has 17 heavy (non-hydrogen) atoms. The van der Waals surface area contributed by atoms with Crippen LogP contribution in [0.1, 0.15) is 17.3 Å². The monoisotopic (exact) mass is 298 g/mol. The minimum atomic E-state index is -0.114. The molecule has 1 aromatic carbocycles. The highest BCUT2D eigenvalue weighted by atomic mass is 79.9. The van der Waals surface area contributed by atoms with Crippen LogP contribution >= 0.6 is 15.9 Å². The van der Waals surface area contributed by atoms with Crippen molar-refractivity contribution in [2.45, 2.75) is 13.0 Å². The predicted molar refractivity (Wildman–Crippen MR) is 69.2 cm³/mol. The van der Waals surface area contributed by atoms with Gasteiger partial charge >= 0.3 is 0 Å². The number of benzene rings is 1. The predicted octanol–water partition coefficient (Wildman–Crippen LogP) is 1.59. The molecule has 0 bridgehead atoms. The molecule has 1 atom stereocenters. The van der Waals surface area contributed by atoms with Crippen LogP contribution in [0.4, 0.5) is 0 Å². The number of aromatic hydroxyl groups is 1. The molecule has 1 saturated heterocycles. The maximum atomic E-state index is 12.2. The molecule has 0 aromatic heterocycles. The summed E-state index contributed by atoms with van der Waals surface area (Å²) in [5, 5.41) is 13.0. The zero-order valence-corrected chi connectivity index (χ0v) is 11.2. The molecule has 2 rings (SSSR count). The molecule has 1 aliphatic rings. The smallest absolute Gasteiger partial charge is 0.257 e. The van der Waals surface area contributed by atoms with Crippen molar-refractivity contribution >= 4 is 21.8 Å². The molecule has 0 unspecified atom stereocenters. The van der Waals surface area contributed by atoms with Gasteiger partial charge < -0.3 is 15.3 Å². The Balaban J connectivity index is 2.21. The normalized spacial score (nSPS) is 20.4. The minimum absolute atomic E-state index is 0.0318. The number of carbonyl (C=O) groups is 1. The molecule has 1 heterocycles. The van der Waals surface area contributed by atoms with Crippen LogP contribution in [0.5, 0.6) is 5.75 Å². The fourth-order valence-corrected chi connectivity index (χ4v) is 2.33. The first-order chi connectivity index (χ1) is 8.08. The summed E-state index contributed by atoms with van der Waals surface area (Å²) in [6, 6.07) is 5.20. The summed E-state index contributed by atoms with van der Waals surface area (Å²) in [5.74, 6) is -0.0819. The Morgan fingerprint density at radius 2 is 2.35 bits per heavy atom. The van der Waals surface area contributed by atoms with Crippen LogP contribution in [0, 0.1) is 0 Å². The van der Waals surface area contributed by atoms with Crippen LogP contribution in [-0.2, 0) is 0 Å². The molecule has 4 nitrogen and oxygen atoms in total. The minimum Gasteiger partial charge on any atom is -0.507 e. The number of amides is 1. The average molecular weight is 299 g/mol. The Kier molecular flexibility index (Phi) is 3.69. The van der Waals surface area contributed by atoms with Gasteiger partial charge in [0.2, 0.25) is 0 Å². The van der Waals surface area contributed by atoms with E-state index in [2.05, 4.69) is 21.2 Å². The molecule has 0 spiro atoms. The number of nitrogens with zero attached hydrogens (tertiary/aromatic N) is 1. The lowest BCUT2D eigenvalue weighted by molar-refractivity contribution is 0.0706. The molecule has 1 amide bonds. The fraction of sp³-hybridized carbons (Fsp3) is 0.417. The Morgan fingerprint density at radius 3 is 3.06 bits per heavy atom. The van der Waals surface area contributed by atoms with Gasteiger partial charge in [0.05, 0.1) is 5.56 Å². The highest BCUT2D eigenvalue weighted by molar-refractivity contribution is 9.10. The third kappa shape index (κ3) is 2.79. The summed E-state index contributed by atoms with van der Waals surface area (Å²) in [4.78, 5) is 14.0. The van der Waals surface area contributed by atoms with E-state index in [9.17, 15) is 9.90 Å². The van der Waals surface area contributed by atoms with E-state index in [1.165, 1.54) is 6.07 Å². The lowest BCUT2D eigenvalue weighted by Crippen LogP contribution is -2.51. The molecular formula is C12H15BrN2O2. The lowest BCUT2D eigenvalue weighted by atomic mass is 10.1. The van der Waals surface area contributed by atoms with Crippen molar-refractivity contribution in [3.63, 3.8) is 0 Å². The second-order valence-corrected chi connectivity index (χ2v) is 5.18. The van der Waals surface area contributed by atoms with E-state index in [0.29, 0.717) is 24.7 Å². The van der Waals surface area contributed by atoms with Gasteiger partial charge in [-0.25, -0.2) is 0 Å². The van der Waals surface area contributed by atoms with Gasteiger partial charge in [-0.2, -0.15) is 0 Å². The van der Waals surface area contributed by atoms with E-state index >= 15 is 0 Å². The van der Waals surface area contributed by atoms with Crippen LogP contribution in [0.15, 0.2) is 22.7 Å². The molecule has 92 valence electrons. The van der Waals surface area contributed by atoms with Gasteiger partial charge in [0, 0.05) is 30.1 Å². The summed E-state index contributed by atoms with van der Waals surface area (Å²) < 4.78 is 0.793. The van der Waals surface area contributed by atoms with E-state index in [1.807, 2.05) is 6.92 Å². The third-order valence-corrected chi connectivity index (χ3v) is 3.34. The van der Waals surface area contributed by atoms with Gasteiger partial charge in [-0.1, -0.05) is 15.9 Å². The second kappa shape index (κ2) is 5.06. The number of carbonyl (C=O) groups excluding carboxylic acids is 1. The van der Waals surface area contributed by atoms with Crippen molar-refractivity contribution in [1.29, 1.82) is 0 Å². The van der Waals surface area contributed by atoms with Gasteiger partial charge in [0.25, 0.3) is 5.91 Å². The Bertz CT molecular complexity index is 437. The summed E-state index contributed by atoms with van der Waals surface area (Å²) in [7, 11) is 0. The van der Waals surface area contributed by atoms with Gasteiger partial charge in [-0.15, -0.1) is 0 Å². The number of rotatable bonds is 1. The first-order valence-corrected chi connectivity index (χ1v) is 6.38. The van der Waals surface area contributed by atoms with Crippen molar-refractivity contribution in [1.82, 2.24) is 10.2 Å². The summed E-state index contributed by atoms with van der Waals surface area (Å²) >= 11 is 3.31. The topological polar surface area (TPSA) is 52.6 Å². The Labute approximate surface area is 109 Å². The van der Waals surface area contributed by atoms with E-state index in [1.54, 1.807) is 17.0 Å². The Morgan fingerprint density at radius 1 is 1.59 bits per heavy atom. The molecular weight excluding hydrogens is 284 g/mol. The van der Waals surface area contributed by atoms with Crippen molar-refractivity contribution in [3.8, 4) is 5.75 Å². The van der Waals surface area contributed by atoms with Crippen molar-refractivity contribution < 1.29 is 9.90 Å². The second-order valence-electron chi connectivity index (χ2n) is 4.27. The fourth-order valence-electron chi connectivity index (χ4n) is 1.97. The summed E-state index contributed by atoms with van der Waals surface area (Å²) in [6.45, 7) is 4.18. The van der Waals surface area contributed by atoms with Gasteiger partial charge in [-0.05, 0) is 25.1 Å². The largest absolute Gasteiger partial charge is 0.507 e. The first-order valence-electron chi connectivity index (χ1n) is 5.59. The molecule has 2 N–H and O–H groups in total. The number of piperazine rings is 1. The highest BCUT2D eigenvalue weighted by Crippen LogP contribution is 2.23. The summed E-state index contributed by atoms with van der Waals surface area (Å²) in [5.41, 5.74) is 0.355. The van der Waals surface area contributed by atoms with E-state index in [4.69, 9.17) is 0 Å². The number of hydrogen-bond acceptors (Lipinski definition) is 3. The van der Waals surface area contributed by atoms with Gasteiger partial charge in [-0.3, -0.25) is 4.79 Å². The number of phenolic OH excluding ortho intramolecular Hbond substituents is 1. The number of hydrogen-bond donors (Lipinski definition) is 2. The standard InChI is InChI=1S/C12H15BrN2O2/c1-8-7-15(5-4-14-8)12(17)10-6-9(13)2-3-11(10)16/h2-3,6,8,14,16H,4-5,7H2,1H3/t8-/m0/s1. The molecule has 1 fully saturated rings. The van der Waals surface area contributed by atoms with Crippen molar-refractivity contribution in [3.05, 3.63) is 28.2 Å². The van der Waals surface area contributed by atoms with Crippen LogP contribution in [0.3, 0.4) is 0 Å². The maximum absolute atomic E-state index is 12.2. The molecule has 0 saturated carbocycles. The van der Waals surface area contributed by atoms with Gasteiger partial charge in [0.1, 0.15) is 5.75 Å². The zero-order valence-electron chi connectivity index (χ0n) is 9.61. The van der Waals surface area contributed by atoms with Crippen molar-refractivity contribution in [2.24, 2.45) is 0 Å². The van der Waals surface area contributed by atoms with Crippen LogP contribution in [0.2, 0.25) is 0 Å². The molecule has 5 heteroatoms. The van der Waals surface area contributed by atoms with Crippen LogP contribution in [0.25, 0.3) is 0 Å². The SMILES string of the molecule is C[C@H]1CN(C(=O)c2cc(Br)ccc2O)CCN1. The van der Waals surface area contributed by atoms with Crippen LogP contribution < -0.4 is 5.32 Å². The lowest BCUT2D eigenvalue weighted by Gasteiger charge is -2.32. The quantitative estimate of drug-likeness (QED) is 0.828. The highest BCUT2D eigenvalue weighted by Gasteiger charge is 2.23.